The molecular weight excluding hydrogens is 312 g/mol. The van der Waals surface area contributed by atoms with Crippen molar-refractivity contribution in [3.8, 4) is 0 Å². The van der Waals surface area contributed by atoms with Crippen LogP contribution in [0.25, 0.3) is 0 Å². The maximum Gasteiger partial charge on any atom is 0.0549 e. The molecule has 1 saturated heterocycles. The number of anilines is 1. The van der Waals surface area contributed by atoms with E-state index in [1.807, 2.05) is 18.2 Å². The molecule has 0 radical (unpaired) electrons. The smallest absolute Gasteiger partial charge is 0.0549 e. The average molecular weight is 332 g/mol. The molecule has 0 amide bonds. The molecule has 1 aromatic rings. The third-order valence-electron chi connectivity index (χ3n) is 3.65. The minimum Gasteiger partial charge on any atom is -0.385 e. The van der Waals surface area contributed by atoms with Gasteiger partial charge in [0.05, 0.1) is 5.02 Å². The minimum absolute atomic E-state index is 0.738. The molecule has 0 saturated carbocycles. The molecule has 1 unspecified atom stereocenters. The second-order valence-corrected chi connectivity index (χ2v) is 6.24. The van der Waals surface area contributed by atoms with Crippen molar-refractivity contribution in [1.29, 1.82) is 0 Å². The largest absolute Gasteiger partial charge is 0.385 e. The Morgan fingerprint density at radius 1 is 1.44 bits per heavy atom. The molecule has 2 nitrogen and oxygen atoms in total. The molecule has 1 N–H and O–H groups in total. The maximum absolute atomic E-state index is 5.97. The number of rotatable bonds is 4. The number of likely N-dealkylation sites (tertiary alicyclic amines) is 1. The highest BCUT2D eigenvalue weighted by Crippen LogP contribution is 2.25. The lowest BCUT2D eigenvalue weighted by Gasteiger charge is -2.32. The van der Waals surface area contributed by atoms with Crippen molar-refractivity contribution in [3.05, 3.63) is 27.7 Å². The summed E-state index contributed by atoms with van der Waals surface area (Å²) in [6, 6.07) is 6.72. The number of hydrogen-bond donors (Lipinski definition) is 1. The number of piperidine rings is 1. The van der Waals surface area contributed by atoms with E-state index in [0.29, 0.717) is 0 Å². The second kappa shape index (κ2) is 6.78. The van der Waals surface area contributed by atoms with Gasteiger partial charge in [-0.1, -0.05) is 18.0 Å². The first kappa shape index (κ1) is 14.2. The summed E-state index contributed by atoms with van der Waals surface area (Å²) in [5.74, 6) is 0. The van der Waals surface area contributed by atoms with Crippen LogP contribution in [0.4, 0.5) is 5.69 Å². The molecule has 1 aliphatic rings. The molecule has 0 bridgehead atoms. The van der Waals surface area contributed by atoms with Crippen molar-refractivity contribution in [1.82, 2.24) is 4.90 Å². The fourth-order valence-corrected chi connectivity index (χ4v) is 2.99. The van der Waals surface area contributed by atoms with Gasteiger partial charge in [-0.2, -0.15) is 0 Å². The Labute approximate surface area is 123 Å². The molecular formula is C14H20BrClN2. The quantitative estimate of drug-likeness (QED) is 0.880. The summed E-state index contributed by atoms with van der Waals surface area (Å²) < 4.78 is 0.948. The maximum atomic E-state index is 5.97. The standard InChI is InChI=1S/C14H20BrClN2/c1-18-9-3-2-4-12(18)7-8-17-11-5-6-14(16)13(15)10-11/h5-6,10,12,17H,2-4,7-9H2,1H3. The molecule has 0 spiro atoms. The summed E-state index contributed by atoms with van der Waals surface area (Å²) in [7, 11) is 2.24. The fourth-order valence-electron chi connectivity index (χ4n) is 2.50. The number of hydrogen-bond acceptors (Lipinski definition) is 2. The van der Waals surface area contributed by atoms with Gasteiger partial charge in [-0.3, -0.25) is 0 Å². The van der Waals surface area contributed by atoms with Crippen molar-refractivity contribution in [2.45, 2.75) is 31.7 Å². The first-order chi connectivity index (χ1) is 8.66. The van der Waals surface area contributed by atoms with Gasteiger partial charge in [0.25, 0.3) is 0 Å². The lowest BCUT2D eigenvalue weighted by Crippen LogP contribution is -2.37. The molecule has 18 heavy (non-hydrogen) atoms. The van der Waals surface area contributed by atoms with Gasteiger partial charge in [-0.05, 0) is 67.0 Å². The molecule has 1 heterocycles. The van der Waals surface area contributed by atoms with Crippen LogP contribution < -0.4 is 5.32 Å². The van der Waals surface area contributed by atoms with Crippen LogP contribution in [-0.2, 0) is 0 Å². The summed E-state index contributed by atoms with van der Waals surface area (Å²) in [6.45, 7) is 2.26. The third kappa shape index (κ3) is 3.87. The van der Waals surface area contributed by atoms with E-state index in [1.54, 1.807) is 0 Å². The zero-order valence-electron chi connectivity index (χ0n) is 10.8. The van der Waals surface area contributed by atoms with Crippen LogP contribution in [0, 0.1) is 0 Å². The predicted octanol–water partition coefficient (Wildman–Crippen LogP) is 4.39. The monoisotopic (exact) mass is 330 g/mol. The summed E-state index contributed by atoms with van der Waals surface area (Å²) in [5, 5.41) is 4.22. The minimum atomic E-state index is 0.738. The Hall–Kier alpha value is -0.250. The van der Waals surface area contributed by atoms with Gasteiger partial charge < -0.3 is 10.2 Å². The van der Waals surface area contributed by atoms with Gasteiger partial charge in [0, 0.05) is 22.7 Å². The summed E-state index contributed by atoms with van der Waals surface area (Å²) in [5.41, 5.74) is 1.13. The zero-order valence-corrected chi connectivity index (χ0v) is 13.1. The van der Waals surface area contributed by atoms with Crippen molar-refractivity contribution in [3.63, 3.8) is 0 Å². The number of nitrogens with zero attached hydrogens (tertiary/aromatic N) is 1. The van der Waals surface area contributed by atoms with Crippen LogP contribution in [0.1, 0.15) is 25.7 Å². The highest BCUT2D eigenvalue weighted by Gasteiger charge is 2.17. The van der Waals surface area contributed by atoms with Gasteiger partial charge in [-0.25, -0.2) is 0 Å². The molecule has 4 heteroatoms. The summed E-state index contributed by atoms with van der Waals surface area (Å²) in [4.78, 5) is 2.49. The molecule has 1 aliphatic heterocycles. The van der Waals surface area contributed by atoms with E-state index < -0.39 is 0 Å². The van der Waals surface area contributed by atoms with Crippen molar-refractivity contribution in [2.24, 2.45) is 0 Å². The highest BCUT2D eigenvalue weighted by molar-refractivity contribution is 9.10. The van der Waals surface area contributed by atoms with Crippen LogP contribution in [0.2, 0.25) is 5.02 Å². The molecule has 0 aromatic heterocycles. The number of nitrogens with one attached hydrogen (secondary N) is 1. The van der Waals surface area contributed by atoms with Crippen molar-refractivity contribution in [2.75, 3.05) is 25.5 Å². The van der Waals surface area contributed by atoms with Crippen molar-refractivity contribution >= 4 is 33.2 Å². The van der Waals surface area contributed by atoms with E-state index in [-0.39, 0.29) is 0 Å². The van der Waals surface area contributed by atoms with Crippen LogP contribution >= 0.6 is 27.5 Å². The SMILES string of the molecule is CN1CCCCC1CCNc1ccc(Cl)c(Br)c1. The van der Waals surface area contributed by atoms with Crippen LogP contribution in [0.5, 0.6) is 0 Å². The first-order valence-electron chi connectivity index (χ1n) is 6.56. The molecule has 2 rings (SSSR count). The topological polar surface area (TPSA) is 15.3 Å². The van der Waals surface area contributed by atoms with Gasteiger partial charge in [0.2, 0.25) is 0 Å². The normalized spacial score (nSPS) is 20.9. The molecule has 1 aromatic carbocycles. The summed E-state index contributed by atoms with van der Waals surface area (Å²) in [6.07, 6.45) is 5.27. The van der Waals surface area contributed by atoms with E-state index >= 15 is 0 Å². The predicted molar refractivity (Wildman–Crippen MR) is 82.5 cm³/mol. The highest BCUT2D eigenvalue weighted by atomic mass is 79.9. The van der Waals surface area contributed by atoms with Gasteiger partial charge >= 0.3 is 0 Å². The Balaban J connectivity index is 1.79. The van der Waals surface area contributed by atoms with Gasteiger partial charge in [0.1, 0.15) is 0 Å². The lowest BCUT2D eigenvalue weighted by atomic mass is 10.0. The summed E-state index contributed by atoms with van der Waals surface area (Å²) >= 11 is 9.42. The fraction of sp³-hybridized carbons (Fsp3) is 0.571. The van der Waals surface area contributed by atoms with E-state index in [0.717, 1.165) is 27.8 Å². The molecule has 0 aliphatic carbocycles. The van der Waals surface area contributed by atoms with Crippen molar-refractivity contribution < 1.29 is 0 Å². The second-order valence-electron chi connectivity index (χ2n) is 4.97. The lowest BCUT2D eigenvalue weighted by molar-refractivity contribution is 0.179. The third-order valence-corrected chi connectivity index (χ3v) is 4.86. The number of benzene rings is 1. The van der Waals surface area contributed by atoms with Crippen LogP contribution in [-0.4, -0.2) is 31.1 Å². The van der Waals surface area contributed by atoms with E-state index in [2.05, 4.69) is 33.2 Å². The van der Waals surface area contributed by atoms with Gasteiger partial charge in [-0.15, -0.1) is 0 Å². The number of halogens is 2. The Morgan fingerprint density at radius 2 is 2.28 bits per heavy atom. The van der Waals surface area contributed by atoms with E-state index in [9.17, 15) is 0 Å². The Morgan fingerprint density at radius 3 is 3.00 bits per heavy atom. The Kier molecular flexibility index (Phi) is 5.34. The van der Waals surface area contributed by atoms with E-state index in [1.165, 1.54) is 32.2 Å². The first-order valence-corrected chi connectivity index (χ1v) is 7.73. The zero-order chi connectivity index (χ0) is 13.0. The average Bonchev–Trinajstić information content (AvgIpc) is 2.36. The van der Waals surface area contributed by atoms with Crippen LogP contribution in [0.15, 0.2) is 22.7 Å². The van der Waals surface area contributed by atoms with Crippen LogP contribution in [0.3, 0.4) is 0 Å². The van der Waals surface area contributed by atoms with E-state index in [4.69, 9.17) is 11.6 Å². The Bertz CT molecular complexity index is 397. The molecule has 1 fully saturated rings. The van der Waals surface area contributed by atoms with Gasteiger partial charge in [0.15, 0.2) is 0 Å². The molecule has 1 atom stereocenters. The molecule has 100 valence electrons.